The van der Waals surface area contributed by atoms with E-state index in [1.165, 1.54) is 12.0 Å². The Hall–Kier alpha value is 0.660. The second-order valence-corrected chi connectivity index (χ2v) is 2.78. The fourth-order valence-electron chi connectivity index (χ4n) is 0.0962. The Kier molecular flexibility index (Phi) is 6.28. The average Bonchev–Trinajstić information content (AvgIpc) is 1.61. The lowest BCUT2D eigenvalue weighted by Gasteiger charge is -1.87. The van der Waals surface area contributed by atoms with E-state index in [2.05, 4.69) is 4.18 Å². The lowest BCUT2D eigenvalue weighted by Crippen LogP contribution is -1.66. The smallest absolute Gasteiger partial charge is 0.0652 e. The van der Waals surface area contributed by atoms with E-state index in [1.54, 1.807) is 18.9 Å². The fourth-order valence-corrected chi connectivity index (χ4v) is 0.866. The Morgan fingerprint density at radius 1 is 1.67 bits per heavy atom. The molecule has 0 spiro atoms. The highest BCUT2D eigenvalue weighted by Gasteiger charge is 1.75. The van der Waals surface area contributed by atoms with E-state index in [1.807, 2.05) is 6.26 Å². The van der Waals surface area contributed by atoms with E-state index >= 15 is 0 Å². The molecule has 0 saturated carbocycles. The van der Waals surface area contributed by atoms with Gasteiger partial charge in [0.15, 0.2) is 0 Å². The van der Waals surface area contributed by atoms with Crippen LogP contribution in [0.15, 0.2) is 0 Å². The van der Waals surface area contributed by atoms with Gasteiger partial charge in [-0.15, -0.1) is 0 Å². The topological polar surface area (TPSA) is 9.23 Å². The Labute approximate surface area is 47.0 Å². The molecule has 0 bridgehead atoms. The summed E-state index contributed by atoms with van der Waals surface area (Å²) in [5, 5.41) is 1.02. The number of hydrogen-bond donors (Lipinski definition) is 0. The maximum Gasteiger partial charge on any atom is 0.0652 e. The van der Waals surface area contributed by atoms with Crippen LogP contribution in [-0.2, 0) is 4.18 Å². The van der Waals surface area contributed by atoms with Gasteiger partial charge in [0.25, 0.3) is 0 Å². The third-order valence-electron chi connectivity index (χ3n) is 0.284. The number of rotatable bonds is 3. The molecule has 0 N–H and O–H groups in total. The first-order valence-corrected chi connectivity index (χ1v) is 3.87. The standard InChI is InChI=1S/C3H8OS2/c1-4-6-3-5-2/h3H2,1-2H3. The summed E-state index contributed by atoms with van der Waals surface area (Å²) < 4.78 is 4.68. The Morgan fingerprint density at radius 3 is 2.50 bits per heavy atom. The summed E-state index contributed by atoms with van der Waals surface area (Å²) in [5.74, 6) is 0. The second-order valence-electron chi connectivity index (χ2n) is 0.691. The molecule has 0 radical (unpaired) electrons. The lowest BCUT2D eigenvalue weighted by atomic mass is 11.8. The van der Waals surface area contributed by atoms with Crippen LogP contribution in [0.2, 0.25) is 0 Å². The molecule has 0 aromatic rings. The largest absolute Gasteiger partial charge is 0.318 e. The molecule has 0 saturated heterocycles. The molecular weight excluding hydrogens is 116 g/mol. The van der Waals surface area contributed by atoms with E-state index in [0.717, 1.165) is 5.08 Å². The van der Waals surface area contributed by atoms with Crippen LogP contribution in [0.1, 0.15) is 0 Å². The molecule has 38 valence electrons. The van der Waals surface area contributed by atoms with Gasteiger partial charge in [0.1, 0.15) is 0 Å². The van der Waals surface area contributed by atoms with Crippen molar-refractivity contribution in [1.29, 1.82) is 0 Å². The molecule has 3 heteroatoms. The van der Waals surface area contributed by atoms with Crippen LogP contribution >= 0.6 is 23.8 Å². The minimum absolute atomic E-state index is 1.02. The van der Waals surface area contributed by atoms with Gasteiger partial charge in [0.05, 0.1) is 12.2 Å². The normalized spacial score (nSPS) is 9.00. The van der Waals surface area contributed by atoms with Crippen molar-refractivity contribution in [3.05, 3.63) is 0 Å². The predicted molar refractivity (Wildman–Crippen MR) is 33.0 cm³/mol. The van der Waals surface area contributed by atoms with Crippen molar-refractivity contribution < 1.29 is 4.18 Å². The van der Waals surface area contributed by atoms with Crippen molar-refractivity contribution in [3.63, 3.8) is 0 Å². The third kappa shape index (κ3) is 4.66. The molecular formula is C3H8OS2. The number of hydrogen-bond acceptors (Lipinski definition) is 3. The van der Waals surface area contributed by atoms with Crippen LogP contribution in [0.4, 0.5) is 0 Å². The Bertz CT molecular complexity index is 20.8. The van der Waals surface area contributed by atoms with E-state index in [-0.39, 0.29) is 0 Å². The summed E-state index contributed by atoms with van der Waals surface area (Å²) in [6.45, 7) is 0. The molecule has 0 aromatic carbocycles. The SMILES string of the molecule is COSCSC. The zero-order valence-corrected chi connectivity index (χ0v) is 5.56. The molecule has 0 aliphatic carbocycles. The van der Waals surface area contributed by atoms with Gasteiger partial charge in [0, 0.05) is 12.0 Å². The molecule has 0 aliphatic rings. The maximum atomic E-state index is 4.68. The molecule has 0 aromatic heterocycles. The first-order valence-electron chi connectivity index (χ1n) is 1.56. The first kappa shape index (κ1) is 6.66. The van der Waals surface area contributed by atoms with Gasteiger partial charge in [0.2, 0.25) is 0 Å². The second kappa shape index (κ2) is 5.66. The van der Waals surface area contributed by atoms with E-state index in [0.29, 0.717) is 0 Å². The van der Waals surface area contributed by atoms with Crippen LogP contribution < -0.4 is 0 Å². The van der Waals surface area contributed by atoms with Crippen LogP contribution in [0.25, 0.3) is 0 Å². The summed E-state index contributed by atoms with van der Waals surface area (Å²) >= 11 is 3.24. The Balaban J connectivity index is 2.34. The summed E-state index contributed by atoms with van der Waals surface area (Å²) in [6, 6.07) is 0. The monoisotopic (exact) mass is 124 g/mol. The average molecular weight is 124 g/mol. The quantitative estimate of drug-likeness (QED) is 0.321. The van der Waals surface area contributed by atoms with Crippen molar-refractivity contribution in [2.75, 3.05) is 18.5 Å². The van der Waals surface area contributed by atoms with Crippen molar-refractivity contribution >= 4 is 23.8 Å². The minimum Gasteiger partial charge on any atom is -0.318 e. The first-order chi connectivity index (χ1) is 2.91. The zero-order chi connectivity index (χ0) is 4.83. The summed E-state index contributed by atoms with van der Waals surface area (Å²) in [5.41, 5.74) is 0. The fraction of sp³-hybridized carbons (Fsp3) is 1.00. The molecule has 0 fully saturated rings. The van der Waals surface area contributed by atoms with Gasteiger partial charge in [-0.3, -0.25) is 0 Å². The van der Waals surface area contributed by atoms with Crippen molar-refractivity contribution in [3.8, 4) is 0 Å². The predicted octanol–water partition coefficient (Wildman–Crippen LogP) is 1.60. The van der Waals surface area contributed by atoms with Crippen molar-refractivity contribution in [1.82, 2.24) is 0 Å². The molecule has 0 rings (SSSR count). The summed E-state index contributed by atoms with van der Waals surface area (Å²) in [7, 11) is 1.68. The van der Waals surface area contributed by atoms with Gasteiger partial charge in [-0.25, -0.2) is 0 Å². The molecule has 1 nitrogen and oxygen atoms in total. The molecule has 0 unspecified atom stereocenters. The number of thioether (sulfide) groups is 1. The van der Waals surface area contributed by atoms with Gasteiger partial charge in [-0.1, -0.05) is 0 Å². The van der Waals surface area contributed by atoms with Gasteiger partial charge in [-0.05, 0) is 6.26 Å². The van der Waals surface area contributed by atoms with Crippen LogP contribution in [-0.4, -0.2) is 18.5 Å². The molecule has 0 heterocycles. The van der Waals surface area contributed by atoms with Gasteiger partial charge >= 0.3 is 0 Å². The van der Waals surface area contributed by atoms with E-state index < -0.39 is 0 Å². The summed E-state index contributed by atoms with van der Waals surface area (Å²) in [6.07, 6.45) is 2.05. The highest BCUT2D eigenvalue weighted by atomic mass is 32.2. The Morgan fingerprint density at radius 2 is 2.33 bits per heavy atom. The molecule has 0 atom stereocenters. The van der Waals surface area contributed by atoms with E-state index in [4.69, 9.17) is 0 Å². The van der Waals surface area contributed by atoms with Crippen molar-refractivity contribution in [2.45, 2.75) is 0 Å². The van der Waals surface area contributed by atoms with Crippen LogP contribution in [0.5, 0.6) is 0 Å². The van der Waals surface area contributed by atoms with E-state index in [9.17, 15) is 0 Å². The highest BCUT2D eigenvalue weighted by molar-refractivity contribution is 8.13. The van der Waals surface area contributed by atoms with Crippen molar-refractivity contribution in [2.24, 2.45) is 0 Å². The summed E-state index contributed by atoms with van der Waals surface area (Å²) in [4.78, 5) is 0. The molecule has 6 heavy (non-hydrogen) atoms. The highest BCUT2D eigenvalue weighted by Crippen LogP contribution is 2.06. The third-order valence-corrected chi connectivity index (χ3v) is 1.85. The maximum absolute atomic E-state index is 4.68. The van der Waals surface area contributed by atoms with Crippen LogP contribution in [0, 0.1) is 0 Å². The van der Waals surface area contributed by atoms with Gasteiger partial charge < -0.3 is 4.18 Å². The molecule has 0 amide bonds. The molecule has 0 aliphatic heterocycles. The zero-order valence-electron chi connectivity index (χ0n) is 3.93. The van der Waals surface area contributed by atoms with Gasteiger partial charge in [-0.2, -0.15) is 11.8 Å². The van der Waals surface area contributed by atoms with Crippen LogP contribution in [0.3, 0.4) is 0 Å². The lowest BCUT2D eigenvalue weighted by molar-refractivity contribution is 0.492. The minimum atomic E-state index is 1.02.